The number of aromatic nitrogens is 4. The molecule has 7 nitrogen and oxygen atoms in total. The van der Waals surface area contributed by atoms with Crippen LogP contribution in [0.25, 0.3) is 22.4 Å². The second-order valence-corrected chi connectivity index (χ2v) is 8.08. The van der Waals surface area contributed by atoms with Gasteiger partial charge in [-0.2, -0.15) is 0 Å². The molecule has 0 fully saturated rings. The first-order valence-corrected chi connectivity index (χ1v) is 10.9. The van der Waals surface area contributed by atoms with E-state index in [2.05, 4.69) is 41.5 Å². The van der Waals surface area contributed by atoms with Crippen molar-refractivity contribution in [2.75, 3.05) is 12.8 Å². The lowest BCUT2D eigenvalue weighted by Crippen LogP contribution is -2.22. The summed E-state index contributed by atoms with van der Waals surface area (Å²) in [4.78, 5) is 25.1. The highest BCUT2D eigenvalue weighted by atomic mass is 32.2. The zero-order valence-electron chi connectivity index (χ0n) is 17.1. The van der Waals surface area contributed by atoms with Crippen LogP contribution in [0.15, 0.2) is 58.5 Å². The Bertz CT molecular complexity index is 1280. The summed E-state index contributed by atoms with van der Waals surface area (Å²) in [6.07, 6.45) is 1.05. The minimum absolute atomic E-state index is 0.102. The van der Waals surface area contributed by atoms with Crippen molar-refractivity contribution in [2.24, 2.45) is 0 Å². The van der Waals surface area contributed by atoms with Crippen molar-refractivity contribution in [3.8, 4) is 5.69 Å². The molecule has 0 bridgehead atoms. The standard InChI is InChI=1S/C22H23N5O2S/c1-4-14(2)15-9-11-16(12-10-15)26-20(29)17-7-5-6-8-18(17)27-21(26)24-25-22(27)30-13-19(28)23-3/h5-12,14H,4,13H2,1-3H3,(H,23,28)/t14-/m0/s1. The van der Waals surface area contributed by atoms with Crippen LogP contribution >= 0.6 is 11.8 Å². The van der Waals surface area contributed by atoms with Crippen LogP contribution in [0.2, 0.25) is 0 Å². The molecule has 0 aliphatic carbocycles. The van der Waals surface area contributed by atoms with Gasteiger partial charge in [0.15, 0.2) is 5.16 Å². The zero-order valence-corrected chi connectivity index (χ0v) is 17.9. The molecule has 154 valence electrons. The second-order valence-electron chi connectivity index (χ2n) is 7.14. The van der Waals surface area contributed by atoms with E-state index >= 15 is 0 Å². The van der Waals surface area contributed by atoms with E-state index < -0.39 is 0 Å². The summed E-state index contributed by atoms with van der Waals surface area (Å²) in [5.74, 6) is 0.992. The van der Waals surface area contributed by atoms with E-state index in [1.165, 1.54) is 17.3 Å². The molecule has 2 heterocycles. The molecule has 1 amide bonds. The zero-order chi connectivity index (χ0) is 21.3. The molecule has 0 saturated heterocycles. The Kier molecular flexibility index (Phi) is 5.59. The first kappa shape index (κ1) is 20.2. The Morgan fingerprint density at radius 3 is 2.57 bits per heavy atom. The molecule has 0 unspecified atom stereocenters. The summed E-state index contributed by atoms with van der Waals surface area (Å²) in [5.41, 5.74) is 2.53. The summed E-state index contributed by atoms with van der Waals surface area (Å²) in [7, 11) is 1.60. The molecule has 0 saturated carbocycles. The highest BCUT2D eigenvalue weighted by Gasteiger charge is 2.18. The second kappa shape index (κ2) is 8.31. The van der Waals surface area contributed by atoms with Gasteiger partial charge in [-0.05, 0) is 42.2 Å². The SMILES string of the molecule is CC[C@H](C)c1ccc(-n2c(=O)c3ccccc3n3c(SCC(=O)NC)nnc23)cc1. The molecule has 30 heavy (non-hydrogen) atoms. The van der Waals surface area contributed by atoms with Crippen LogP contribution in [-0.4, -0.2) is 37.9 Å². The molecule has 8 heteroatoms. The number of fused-ring (bicyclic) bond motifs is 3. The van der Waals surface area contributed by atoms with Crippen molar-refractivity contribution in [3.05, 3.63) is 64.4 Å². The van der Waals surface area contributed by atoms with Gasteiger partial charge < -0.3 is 5.32 Å². The lowest BCUT2D eigenvalue weighted by molar-refractivity contribution is -0.118. The van der Waals surface area contributed by atoms with E-state index in [1.807, 2.05) is 34.7 Å². The molecular weight excluding hydrogens is 398 g/mol. The maximum absolute atomic E-state index is 13.4. The number of para-hydroxylation sites is 1. The van der Waals surface area contributed by atoms with Crippen LogP contribution in [0.5, 0.6) is 0 Å². The van der Waals surface area contributed by atoms with Crippen molar-refractivity contribution in [2.45, 2.75) is 31.3 Å². The number of carbonyl (C=O) groups is 1. The number of benzene rings is 2. The maximum atomic E-state index is 13.4. The summed E-state index contributed by atoms with van der Waals surface area (Å²) in [6, 6.07) is 15.4. The predicted octanol–water partition coefficient (Wildman–Crippen LogP) is 3.39. The average Bonchev–Trinajstić information content (AvgIpc) is 3.21. The number of hydrogen-bond donors (Lipinski definition) is 1. The smallest absolute Gasteiger partial charge is 0.267 e. The number of rotatable bonds is 6. The van der Waals surface area contributed by atoms with E-state index in [0.29, 0.717) is 22.2 Å². The van der Waals surface area contributed by atoms with E-state index in [9.17, 15) is 9.59 Å². The van der Waals surface area contributed by atoms with Gasteiger partial charge in [0.25, 0.3) is 5.56 Å². The Morgan fingerprint density at radius 1 is 1.13 bits per heavy atom. The molecule has 4 rings (SSSR count). The molecule has 4 aromatic rings. The van der Waals surface area contributed by atoms with Gasteiger partial charge in [0.05, 0.1) is 22.3 Å². The Balaban J connectivity index is 1.93. The van der Waals surface area contributed by atoms with E-state index in [4.69, 9.17) is 0 Å². The van der Waals surface area contributed by atoms with Crippen LogP contribution in [0, 0.1) is 0 Å². The fourth-order valence-electron chi connectivity index (χ4n) is 3.39. The van der Waals surface area contributed by atoms with Crippen molar-refractivity contribution in [3.63, 3.8) is 0 Å². The summed E-state index contributed by atoms with van der Waals surface area (Å²) < 4.78 is 3.42. The number of nitrogens with zero attached hydrogens (tertiary/aromatic N) is 4. The third-order valence-corrected chi connectivity index (χ3v) is 6.27. The molecule has 0 aliphatic rings. The molecule has 1 atom stereocenters. The highest BCUT2D eigenvalue weighted by Crippen LogP contribution is 2.24. The van der Waals surface area contributed by atoms with Gasteiger partial charge in [-0.3, -0.25) is 14.0 Å². The molecule has 2 aromatic carbocycles. The average molecular weight is 422 g/mol. The Morgan fingerprint density at radius 2 is 1.87 bits per heavy atom. The predicted molar refractivity (Wildman–Crippen MR) is 120 cm³/mol. The molecule has 0 spiro atoms. The largest absolute Gasteiger partial charge is 0.358 e. The van der Waals surface area contributed by atoms with Gasteiger partial charge >= 0.3 is 0 Å². The van der Waals surface area contributed by atoms with Crippen LogP contribution in [0.1, 0.15) is 31.7 Å². The quantitative estimate of drug-likeness (QED) is 0.483. The number of thioether (sulfide) groups is 1. The van der Waals surface area contributed by atoms with Crippen LogP contribution in [0.4, 0.5) is 0 Å². The summed E-state index contributed by atoms with van der Waals surface area (Å²) in [5, 5.41) is 12.3. The number of amides is 1. The molecule has 1 N–H and O–H groups in total. The summed E-state index contributed by atoms with van der Waals surface area (Å²) in [6.45, 7) is 4.34. The Hall–Kier alpha value is -3.13. The molecule has 0 radical (unpaired) electrons. The van der Waals surface area contributed by atoms with Gasteiger partial charge in [0.2, 0.25) is 11.7 Å². The Labute approximate surface area is 178 Å². The summed E-state index contributed by atoms with van der Waals surface area (Å²) >= 11 is 1.29. The fourth-order valence-corrected chi connectivity index (χ4v) is 4.21. The molecular formula is C22H23N5O2S. The van der Waals surface area contributed by atoms with Crippen LogP contribution in [0.3, 0.4) is 0 Å². The van der Waals surface area contributed by atoms with Crippen molar-refractivity contribution >= 4 is 34.3 Å². The first-order chi connectivity index (χ1) is 14.5. The number of hydrogen-bond acceptors (Lipinski definition) is 5. The first-order valence-electron chi connectivity index (χ1n) is 9.87. The minimum Gasteiger partial charge on any atom is -0.358 e. The van der Waals surface area contributed by atoms with Gasteiger partial charge in [0.1, 0.15) is 0 Å². The minimum atomic E-state index is -0.148. The van der Waals surface area contributed by atoms with Gasteiger partial charge in [-0.25, -0.2) is 4.57 Å². The highest BCUT2D eigenvalue weighted by molar-refractivity contribution is 7.99. The molecule has 0 aliphatic heterocycles. The van der Waals surface area contributed by atoms with Crippen molar-refractivity contribution in [1.29, 1.82) is 0 Å². The maximum Gasteiger partial charge on any atom is 0.267 e. The van der Waals surface area contributed by atoms with Gasteiger partial charge in [0, 0.05) is 7.05 Å². The monoisotopic (exact) mass is 421 g/mol. The van der Waals surface area contributed by atoms with Crippen molar-refractivity contribution in [1.82, 2.24) is 24.5 Å². The topological polar surface area (TPSA) is 81.3 Å². The fraction of sp³-hybridized carbons (Fsp3) is 0.273. The van der Waals surface area contributed by atoms with Crippen LogP contribution < -0.4 is 10.9 Å². The van der Waals surface area contributed by atoms with Gasteiger partial charge in [-0.1, -0.05) is 49.9 Å². The third-order valence-electron chi connectivity index (χ3n) is 5.34. The lowest BCUT2D eigenvalue weighted by atomic mass is 9.98. The van der Waals surface area contributed by atoms with Gasteiger partial charge in [-0.15, -0.1) is 10.2 Å². The van der Waals surface area contributed by atoms with Crippen LogP contribution in [-0.2, 0) is 4.79 Å². The molecule has 2 aromatic heterocycles. The third kappa shape index (κ3) is 3.47. The van der Waals surface area contributed by atoms with Crippen molar-refractivity contribution < 1.29 is 4.79 Å². The number of nitrogens with one attached hydrogen (secondary N) is 1. The van der Waals surface area contributed by atoms with E-state index in [1.54, 1.807) is 17.7 Å². The van der Waals surface area contributed by atoms with E-state index in [-0.39, 0.29) is 17.2 Å². The number of carbonyl (C=O) groups excluding carboxylic acids is 1. The normalized spacial score (nSPS) is 12.4. The van der Waals surface area contributed by atoms with E-state index in [0.717, 1.165) is 17.6 Å². The lowest BCUT2D eigenvalue weighted by Gasteiger charge is -2.13.